The fourth-order valence-corrected chi connectivity index (χ4v) is 8.86. The van der Waals surface area contributed by atoms with Gasteiger partial charge in [0, 0.05) is 49.1 Å². The third kappa shape index (κ3) is 12.3. The van der Waals surface area contributed by atoms with Crippen molar-refractivity contribution in [1.82, 2.24) is 40.1 Å². The minimum atomic E-state index is -1.09. The van der Waals surface area contributed by atoms with Gasteiger partial charge in [-0.15, -0.1) is 5.10 Å². The van der Waals surface area contributed by atoms with E-state index in [1.165, 1.54) is 37.0 Å². The van der Waals surface area contributed by atoms with Crippen LogP contribution in [0.15, 0.2) is 73.2 Å². The number of aromatic nitrogens is 5. The van der Waals surface area contributed by atoms with Crippen LogP contribution in [0.2, 0.25) is 5.02 Å². The van der Waals surface area contributed by atoms with Gasteiger partial charge in [0.1, 0.15) is 42.1 Å². The number of carbonyl (C=O) groups is 6. The number of nitrogens with one attached hydrogen (secondary N) is 4. The number of hydrogen-bond acceptors (Lipinski definition) is 13. The van der Waals surface area contributed by atoms with Gasteiger partial charge in [0.05, 0.1) is 39.2 Å². The molecule has 69 heavy (non-hydrogen) atoms. The Morgan fingerprint density at radius 3 is 2.49 bits per heavy atom. The van der Waals surface area contributed by atoms with Gasteiger partial charge >= 0.3 is 0 Å². The number of imide groups is 2. The first-order valence-electron chi connectivity index (χ1n) is 23.4. The lowest BCUT2D eigenvalue weighted by Gasteiger charge is -2.27. The Morgan fingerprint density at radius 1 is 0.899 bits per heavy atom. The van der Waals surface area contributed by atoms with Crippen molar-refractivity contribution in [2.45, 2.75) is 103 Å². The van der Waals surface area contributed by atoms with Crippen molar-refractivity contribution in [3.63, 3.8) is 0 Å². The topological polar surface area (TPSA) is 223 Å². The molecule has 6 amide bonds. The molecule has 5 heterocycles. The van der Waals surface area contributed by atoms with Crippen LogP contribution >= 0.6 is 11.6 Å². The van der Waals surface area contributed by atoms with Crippen molar-refractivity contribution in [2.24, 2.45) is 0 Å². The zero-order chi connectivity index (χ0) is 48.3. The van der Waals surface area contributed by atoms with Gasteiger partial charge in [0.15, 0.2) is 0 Å². The van der Waals surface area contributed by atoms with Crippen LogP contribution in [0, 0.1) is 5.82 Å². The molecule has 3 aliphatic rings. The first-order chi connectivity index (χ1) is 33.5. The highest BCUT2D eigenvalue weighted by molar-refractivity contribution is 6.31. The average Bonchev–Trinajstić information content (AvgIpc) is 3.90. The van der Waals surface area contributed by atoms with Crippen molar-refractivity contribution in [3.8, 4) is 5.75 Å². The van der Waals surface area contributed by atoms with Gasteiger partial charge in [0.25, 0.3) is 11.8 Å². The second kappa shape index (κ2) is 22.8. The van der Waals surface area contributed by atoms with Crippen LogP contribution < -0.4 is 26.0 Å². The largest absolute Gasteiger partial charge is 0.485 e. The Labute approximate surface area is 402 Å². The van der Waals surface area contributed by atoms with E-state index in [0.29, 0.717) is 59.0 Å². The number of aryl methyl sites for hydroxylation is 1. The minimum Gasteiger partial charge on any atom is -0.485 e. The Bertz CT molecular complexity index is 2780. The Morgan fingerprint density at radius 2 is 1.70 bits per heavy atom. The number of piperidine rings is 2. The summed E-state index contributed by atoms with van der Waals surface area (Å²) in [6, 6.07) is 11.3. The smallest absolute Gasteiger partial charge is 0.264 e. The van der Waals surface area contributed by atoms with E-state index in [0.717, 1.165) is 69.4 Å². The van der Waals surface area contributed by atoms with Crippen LogP contribution in [-0.4, -0.2) is 95.9 Å². The molecule has 2 aromatic heterocycles. The van der Waals surface area contributed by atoms with Crippen molar-refractivity contribution in [1.29, 1.82) is 0 Å². The summed E-state index contributed by atoms with van der Waals surface area (Å²) in [6.45, 7) is 3.46. The first-order valence-corrected chi connectivity index (χ1v) is 23.8. The lowest BCUT2D eigenvalue weighted by atomic mass is 10.0. The second-order valence-electron chi connectivity index (χ2n) is 17.3. The molecule has 4 N–H and O–H groups in total. The summed E-state index contributed by atoms with van der Waals surface area (Å²) in [5.74, 6) is -2.78. The molecule has 18 nitrogen and oxygen atoms in total. The quantitative estimate of drug-likeness (QED) is 0.0319. The Hall–Kier alpha value is -7.12. The number of ether oxygens (including phenoxy) is 1. The molecule has 5 aromatic rings. The number of hydrogen-bond donors (Lipinski definition) is 4. The van der Waals surface area contributed by atoms with Gasteiger partial charge in [-0.1, -0.05) is 67.5 Å². The molecule has 2 saturated heterocycles. The molecule has 1 atom stereocenters. The zero-order valence-corrected chi connectivity index (χ0v) is 38.7. The molecule has 8 rings (SSSR count). The van der Waals surface area contributed by atoms with Crippen LogP contribution in [0.1, 0.15) is 110 Å². The minimum absolute atomic E-state index is 0.0200. The van der Waals surface area contributed by atoms with E-state index < -0.39 is 35.5 Å². The molecular formula is C49H53ClFN11O7. The molecule has 0 aliphatic carbocycles. The molecule has 360 valence electrons. The summed E-state index contributed by atoms with van der Waals surface area (Å²) in [5, 5.41) is 20.2. The number of anilines is 4. The van der Waals surface area contributed by atoms with Crippen molar-refractivity contribution in [3.05, 3.63) is 101 Å². The molecule has 3 aliphatic heterocycles. The number of benzene rings is 3. The highest BCUT2D eigenvalue weighted by Gasteiger charge is 2.45. The Balaban J connectivity index is 0.777. The van der Waals surface area contributed by atoms with Crippen LogP contribution in [0.4, 0.5) is 27.3 Å². The fourth-order valence-electron chi connectivity index (χ4n) is 8.68. The summed E-state index contributed by atoms with van der Waals surface area (Å²) in [7, 11) is 0. The summed E-state index contributed by atoms with van der Waals surface area (Å²) >= 11 is 6.03. The van der Waals surface area contributed by atoms with E-state index in [4.69, 9.17) is 16.3 Å². The number of likely N-dealkylation sites (tertiary alicyclic amines) is 1. The number of nitrogens with zero attached hydrogens (tertiary/aromatic N) is 7. The van der Waals surface area contributed by atoms with Gasteiger partial charge in [0.2, 0.25) is 23.6 Å². The van der Waals surface area contributed by atoms with E-state index in [1.807, 2.05) is 12.3 Å². The number of fused-ring (bicyclic) bond motifs is 2. The zero-order valence-electron chi connectivity index (χ0n) is 38.0. The lowest BCUT2D eigenvalue weighted by Crippen LogP contribution is -2.54. The van der Waals surface area contributed by atoms with Crippen molar-refractivity contribution < 1.29 is 37.9 Å². The van der Waals surface area contributed by atoms with E-state index >= 15 is 0 Å². The lowest BCUT2D eigenvalue weighted by molar-refractivity contribution is -0.136. The van der Waals surface area contributed by atoms with Crippen LogP contribution in [0.3, 0.4) is 0 Å². The van der Waals surface area contributed by atoms with Crippen LogP contribution in [-0.2, 0) is 32.3 Å². The van der Waals surface area contributed by atoms with Crippen LogP contribution in [0.5, 0.6) is 5.75 Å². The number of carbonyl (C=O) groups excluding carboxylic acids is 6. The Kier molecular flexibility index (Phi) is 16.0. The summed E-state index contributed by atoms with van der Waals surface area (Å²) in [4.78, 5) is 88.6. The van der Waals surface area contributed by atoms with Crippen LogP contribution in [0.25, 0.3) is 10.9 Å². The fraction of sp³-hybridized carbons (Fsp3) is 0.388. The molecule has 2 fully saturated rings. The van der Waals surface area contributed by atoms with Gasteiger partial charge in [-0.2, -0.15) is 0 Å². The summed E-state index contributed by atoms with van der Waals surface area (Å²) < 4.78 is 21.9. The maximum atomic E-state index is 13.9. The number of halogens is 2. The third-order valence-electron chi connectivity index (χ3n) is 12.3. The molecule has 0 saturated carbocycles. The average molecular weight is 962 g/mol. The molecular weight excluding hydrogens is 909 g/mol. The predicted octanol–water partition coefficient (Wildman–Crippen LogP) is 7.48. The van der Waals surface area contributed by atoms with Gasteiger partial charge < -0.3 is 20.7 Å². The van der Waals surface area contributed by atoms with Gasteiger partial charge in [-0.3, -0.25) is 48.6 Å². The molecule has 20 heteroatoms. The number of rotatable bonds is 21. The van der Waals surface area contributed by atoms with Crippen molar-refractivity contribution >= 4 is 80.8 Å². The van der Waals surface area contributed by atoms with E-state index in [2.05, 4.69) is 46.4 Å². The van der Waals surface area contributed by atoms with Crippen molar-refractivity contribution in [2.75, 3.05) is 35.6 Å². The molecule has 0 bridgehead atoms. The summed E-state index contributed by atoms with van der Waals surface area (Å²) in [6.07, 6.45) is 16.8. The second-order valence-corrected chi connectivity index (χ2v) is 17.7. The number of unbranched alkanes of at least 4 members (excludes halogenated alkanes) is 6. The molecule has 3 aromatic carbocycles. The van der Waals surface area contributed by atoms with Gasteiger partial charge in [-0.25, -0.2) is 14.4 Å². The predicted molar refractivity (Wildman–Crippen MR) is 255 cm³/mol. The molecule has 0 radical (unpaired) electrons. The molecule has 1 unspecified atom stereocenters. The maximum Gasteiger partial charge on any atom is 0.264 e. The highest BCUT2D eigenvalue weighted by atomic mass is 35.5. The van der Waals surface area contributed by atoms with Gasteiger partial charge in [-0.05, 0) is 81.6 Å². The first kappa shape index (κ1) is 48.3. The molecule has 0 spiro atoms. The number of amides is 6. The van der Waals surface area contributed by atoms with E-state index in [9.17, 15) is 33.2 Å². The standard InChI is InChI=1S/C49H53ClFN11O7/c50-35-25-31(17-18-36(35)51)54-46-34-26-39(56-43(64)16-12-23-60-21-8-6-9-22-60)41(27-38(34)52-30-53-46)69-29-32-28-61(59-58-32)24-10-5-3-1-2-4-7-15-42(63)55-37-14-11-13-33-45(37)49(68)62(48(33)67)40-19-20-44(65)57-47(40)66/h11-14,16-18,25-28,30,40H,1-10,15,19-24,29H2,(H,55,63)(H,56,64)(H,52,53,54)(H,57,65,66)/b16-12+. The maximum absolute atomic E-state index is 13.9. The SMILES string of the molecule is O=C(/C=C/CN1CCCCC1)Nc1cc2c(Nc3ccc(F)c(Cl)c3)ncnc2cc1OCc1cn(CCCCCCCCCC(=O)Nc2cccc3c2C(=O)N(C2CCC(=O)NC2=O)C3=O)nn1. The highest BCUT2D eigenvalue weighted by Crippen LogP contribution is 2.35. The summed E-state index contributed by atoms with van der Waals surface area (Å²) in [5.41, 5.74) is 2.44. The monoisotopic (exact) mass is 961 g/mol. The van der Waals surface area contributed by atoms with E-state index in [1.54, 1.807) is 35.0 Å². The normalized spacial score (nSPS) is 16.3. The third-order valence-corrected chi connectivity index (χ3v) is 12.5. The van der Waals surface area contributed by atoms with E-state index in [-0.39, 0.29) is 59.5 Å².